The topological polar surface area (TPSA) is 36.9 Å². The molecule has 370 valence electrons. The van der Waals surface area contributed by atoms with Crippen molar-refractivity contribution in [2.75, 3.05) is 13.2 Å². The molecule has 0 amide bonds. The van der Waals surface area contributed by atoms with Crippen LogP contribution in [0.25, 0.3) is 86.2 Å². The van der Waals surface area contributed by atoms with Gasteiger partial charge in [-0.2, -0.15) is 0 Å². The Kier molecular flexibility index (Phi) is 12.0. The summed E-state index contributed by atoms with van der Waals surface area (Å²) in [6.45, 7) is 9.58. The largest absolute Gasteiger partial charge is 0.363 e. The van der Waals surface area contributed by atoms with Gasteiger partial charge >= 0.3 is 0 Å². The molecule has 0 saturated carbocycles. The number of fused-ring (bicyclic) bond motifs is 12. The number of benzene rings is 12. The van der Waals surface area contributed by atoms with Gasteiger partial charge in [0, 0.05) is 13.2 Å². The Bertz CT molecular complexity index is 3630. The molecule has 12 aromatic rings. The van der Waals surface area contributed by atoms with E-state index >= 15 is 0 Å². The highest BCUT2D eigenvalue weighted by molar-refractivity contribution is 6.14. The quantitative estimate of drug-likeness (QED) is 0.0804. The lowest BCUT2D eigenvalue weighted by atomic mass is 9.68. The first-order valence-electron chi connectivity index (χ1n) is 27.1. The van der Waals surface area contributed by atoms with E-state index in [1.807, 2.05) is 0 Å². The third-order valence-electron chi connectivity index (χ3n) is 16.2. The van der Waals surface area contributed by atoms with Gasteiger partial charge < -0.3 is 18.9 Å². The predicted molar refractivity (Wildman–Crippen MR) is 313 cm³/mol. The molecule has 2 atom stereocenters. The lowest BCUT2D eigenvalue weighted by molar-refractivity contribution is -0.180. The van der Waals surface area contributed by atoms with Gasteiger partial charge in [-0.3, -0.25) is 0 Å². The fourth-order valence-corrected chi connectivity index (χ4v) is 12.9. The average Bonchev–Trinajstić information content (AvgIpc) is 3.83. The van der Waals surface area contributed by atoms with Crippen molar-refractivity contribution >= 4 is 86.2 Å². The molecule has 2 unspecified atom stereocenters. The molecule has 4 nitrogen and oxygen atoms in total. The van der Waals surface area contributed by atoms with Gasteiger partial charge in [0.05, 0.1) is 0 Å². The van der Waals surface area contributed by atoms with Crippen molar-refractivity contribution in [2.45, 2.75) is 82.6 Å². The molecule has 0 radical (unpaired) electrons. The second-order valence-corrected chi connectivity index (χ2v) is 21.1. The maximum atomic E-state index is 8.21. The fourth-order valence-electron chi connectivity index (χ4n) is 12.9. The third-order valence-corrected chi connectivity index (χ3v) is 16.2. The lowest BCUT2D eigenvalue weighted by Crippen LogP contribution is -2.57. The minimum atomic E-state index is -1.33. The van der Waals surface area contributed by atoms with Crippen molar-refractivity contribution in [2.24, 2.45) is 0 Å². The standard InChI is InChI=1S/C71H62O4/c1-5-7-41-72-70(63-43-47-25-9-13-29-51(47)55-33-17-21-37-59(55)63,64-44-48-26-10-14-30-52(48)56-34-18-22-38-60(56)64)67-68(75-69(3,4)74-67)71(73-42-8-6-2,65-45-49-27-11-15-31-53(49)57-35-19-23-39-61(57)65)66-46-50-28-12-16-32-54(50)58-36-20-24-40-62(58)66/h9-40,43-46,67-68H,5-8,41-42H2,1-4H3. The molecule has 4 heteroatoms. The van der Waals surface area contributed by atoms with E-state index in [4.69, 9.17) is 18.9 Å². The van der Waals surface area contributed by atoms with Gasteiger partial charge in [-0.25, -0.2) is 0 Å². The van der Waals surface area contributed by atoms with Crippen molar-refractivity contribution in [1.29, 1.82) is 0 Å². The summed E-state index contributed by atoms with van der Waals surface area (Å²) < 4.78 is 32.5. The second-order valence-electron chi connectivity index (χ2n) is 21.1. The van der Waals surface area contributed by atoms with Crippen LogP contribution in [0.2, 0.25) is 0 Å². The van der Waals surface area contributed by atoms with Crippen molar-refractivity contribution in [3.05, 3.63) is 241 Å². The number of hydrogen-bond acceptors (Lipinski definition) is 4. The van der Waals surface area contributed by atoms with Gasteiger partial charge in [-0.15, -0.1) is 0 Å². The Hall–Kier alpha value is -7.44. The summed E-state index contributed by atoms with van der Waals surface area (Å²) in [6.07, 6.45) is 1.89. The van der Waals surface area contributed by atoms with Crippen LogP contribution in [0.3, 0.4) is 0 Å². The van der Waals surface area contributed by atoms with Gasteiger partial charge in [-0.05, 0) is 159 Å². The summed E-state index contributed by atoms with van der Waals surface area (Å²) in [6, 6.07) is 80.3. The van der Waals surface area contributed by atoms with Crippen LogP contribution in [-0.4, -0.2) is 31.2 Å². The SMILES string of the molecule is CCCCOC(c1cc2ccccc2c2ccccc12)(c1cc2ccccc2c2ccccc12)C1OC(C)(C)OC1C(OCCCC)(c1cc2ccccc2c2ccccc12)c1cc2ccccc2c2ccccc12. The highest BCUT2D eigenvalue weighted by Crippen LogP contribution is 2.58. The van der Waals surface area contributed by atoms with Crippen LogP contribution in [-0.2, 0) is 30.1 Å². The summed E-state index contributed by atoms with van der Waals surface area (Å²) in [5.41, 5.74) is 1.44. The van der Waals surface area contributed by atoms with E-state index in [9.17, 15) is 0 Å². The smallest absolute Gasteiger partial charge is 0.164 e. The monoisotopic (exact) mass is 978 g/mol. The molecule has 1 fully saturated rings. The first-order chi connectivity index (χ1) is 36.8. The maximum absolute atomic E-state index is 8.21. The van der Waals surface area contributed by atoms with E-state index < -0.39 is 29.2 Å². The van der Waals surface area contributed by atoms with Gasteiger partial charge in [0.25, 0.3) is 0 Å². The lowest BCUT2D eigenvalue weighted by Gasteiger charge is -2.48. The van der Waals surface area contributed by atoms with Crippen LogP contribution in [0.4, 0.5) is 0 Å². The molecule has 0 N–H and O–H groups in total. The Morgan fingerprint density at radius 1 is 0.333 bits per heavy atom. The van der Waals surface area contributed by atoms with Gasteiger partial charge in [0.2, 0.25) is 0 Å². The molecule has 13 rings (SSSR count). The van der Waals surface area contributed by atoms with Gasteiger partial charge in [-0.1, -0.05) is 221 Å². The van der Waals surface area contributed by atoms with E-state index in [1.165, 1.54) is 21.5 Å². The zero-order chi connectivity index (χ0) is 50.7. The van der Waals surface area contributed by atoms with Crippen molar-refractivity contribution in [1.82, 2.24) is 0 Å². The van der Waals surface area contributed by atoms with E-state index in [2.05, 4.69) is 246 Å². The number of hydrogen-bond donors (Lipinski definition) is 0. The Balaban J connectivity index is 1.26. The molecular formula is C71H62O4. The van der Waals surface area contributed by atoms with Crippen LogP contribution in [0.5, 0.6) is 0 Å². The van der Waals surface area contributed by atoms with Crippen molar-refractivity contribution < 1.29 is 18.9 Å². The van der Waals surface area contributed by atoms with E-state index in [0.29, 0.717) is 13.2 Å². The summed E-state index contributed by atoms with van der Waals surface area (Å²) in [4.78, 5) is 0. The second kappa shape index (κ2) is 19.0. The van der Waals surface area contributed by atoms with E-state index in [-0.39, 0.29) is 0 Å². The zero-order valence-electron chi connectivity index (χ0n) is 43.3. The van der Waals surface area contributed by atoms with Crippen LogP contribution in [0.1, 0.15) is 75.6 Å². The Morgan fingerprint density at radius 2 is 0.560 bits per heavy atom. The molecule has 0 aromatic heterocycles. The normalized spacial score (nSPS) is 16.2. The number of rotatable bonds is 14. The highest BCUT2D eigenvalue weighted by Gasteiger charge is 2.64. The molecule has 1 aliphatic heterocycles. The van der Waals surface area contributed by atoms with Gasteiger partial charge in [0.15, 0.2) is 5.79 Å². The molecular weight excluding hydrogens is 917 g/mol. The first kappa shape index (κ1) is 47.3. The van der Waals surface area contributed by atoms with E-state index in [1.54, 1.807) is 0 Å². The predicted octanol–water partition coefficient (Wildman–Crippen LogP) is 18.3. The molecule has 0 spiro atoms. The van der Waals surface area contributed by atoms with Crippen LogP contribution < -0.4 is 0 Å². The molecule has 1 aliphatic rings. The minimum absolute atomic E-state index is 0.466. The van der Waals surface area contributed by atoms with Crippen molar-refractivity contribution in [3.8, 4) is 0 Å². The summed E-state index contributed by atoms with van der Waals surface area (Å²) in [5, 5.41) is 18.3. The summed E-state index contributed by atoms with van der Waals surface area (Å²) in [5.74, 6) is -1.13. The zero-order valence-corrected chi connectivity index (χ0v) is 43.3. The molecule has 1 saturated heterocycles. The molecule has 1 heterocycles. The number of ether oxygens (including phenoxy) is 4. The molecule has 12 aromatic carbocycles. The fraction of sp³-hybridized carbons (Fsp3) is 0.211. The third kappa shape index (κ3) is 7.64. The average molecular weight is 979 g/mol. The maximum Gasteiger partial charge on any atom is 0.164 e. The summed E-state index contributed by atoms with van der Waals surface area (Å²) in [7, 11) is 0. The Labute approximate surface area is 439 Å². The summed E-state index contributed by atoms with van der Waals surface area (Å²) >= 11 is 0. The van der Waals surface area contributed by atoms with Crippen molar-refractivity contribution in [3.63, 3.8) is 0 Å². The van der Waals surface area contributed by atoms with E-state index in [0.717, 1.165) is 113 Å². The first-order valence-corrected chi connectivity index (χ1v) is 27.1. The Morgan fingerprint density at radius 3 is 0.813 bits per heavy atom. The molecule has 0 bridgehead atoms. The van der Waals surface area contributed by atoms with Crippen LogP contribution in [0.15, 0.2) is 218 Å². The minimum Gasteiger partial charge on any atom is -0.363 e. The molecule has 0 aliphatic carbocycles. The van der Waals surface area contributed by atoms with Gasteiger partial charge in [0.1, 0.15) is 23.4 Å². The van der Waals surface area contributed by atoms with Crippen LogP contribution >= 0.6 is 0 Å². The number of unbranched alkanes of at least 4 members (excludes halogenated alkanes) is 2. The van der Waals surface area contributed by atoms with Crippen LogP contribution in [0, 0.1) is 0 Å². The molecule has 75 heavy (non-hydrogen) atoms. The highest BCUT2D eigenvalue weighted by atomic mass is 16.8.